The van der Waals surface area contributed by atoms with Gasteiger partial charge in [-0.3, -0.25) is 0 Å². The number of halogens is 1. The molecule has 13 heavy (non-hydrogen) atoms. The number of hydrogen-bond acceptors (Lipinski definition) is 2. The van der Waals surface area contributed by atoms with Gasteiger partial charge in [-0.2, -0.15) is 0 Å². The summed E-state index contributed by atoms with van der Waals surface area (Å²) in [5.41, 5.74) is 5.14. The van der Waals surface area contributed by atoms with Crippen LogP contribution in [-0.4, -0.2) is 25.8 Å². The van der Waals surface area contributed by atoms with Gasteiger partial charge in [0, 0.05) is 13.1 Å². The Kier molecular flexibility index (Phi) is 8.35. The molecule has 0 rings (SSSR count). The predicted octanol–water partition coefficient (Wildman–Crippen LogP) is 1.70. The molecular formula is C10H23FN2. The molecule has 80 valence electrons. The third kappa shape index (κ3) is 9.77. The maximum Gasteiger partial charge on any atom is 0.125 e. The van der Waals surface area contributed by atoms with Gasteiger partial charge in [0.1, 0.15) is 6.17 Å². The number of unbranched alkanes of at least 4 members (excludes halogenated alkanes) is 1. The molecule has 3 heteroatoms. The highest BCUT2D eigenvalue weighted by molar-refractivity contribution is 4.60. The van der Waals surface area contributed by atoms with Crippen molar-refractivity contribution < 1.29 is 4.39 Å². The van der Waals surface area contributed by atoms with E-state index in [0.717, 1.165) is 18.9 Å². The molecule has 0 heterocycles. The number of nitrogens with one attached hydrogen (secondary N) is 1. The lowest BCUT2D eigenvalue weighted by molar-refractivity contribution is 0.325. The Labute approximate surface area is 81.1 Å². The van der Waals surface area contributed by atoms with E-state index in [0.29, 0.717) is 6.54 Å². The summed E-state index contributed by atoms with van der Waals surface area (Å²) in [6, 6.07) is 0. The molecule has 3 N–H and O–H groups in total. The smallest absolute Gasteiger partial charge is 0.125 e. The van der Waals surface area contributed by atoms with Gasteiger partial charge in [-0.05, 0) is 18.9 Å². The van der Waals surface area contributed by atoms with Gasteiger partial charge in [-0.25, -0.2) is 4.39 Å². The van der Waals surface area contributed by atoms with Crippen LogP contribution in [0.5, 0.6) is 0 Å². The number of rotatable bonds is 8. The first kappa shape index (κ1) is 12.8. The SMILES string of the molecule is CC(C)CCCCNCC(F)CN. The summed E-state index contributed by atoms with van der Waals surface area (Å²) in [6.07, 6.45) is 2.74. The van der Waals surface area contributed by atoms with Gasteiger partial charge in [0.05, 0.1) is 0 Å². The minimum absolute atomic E-state index is 0.124. The Morgan fingerprint density at radius 3 is 2.54 bits per heavy atom. The summed E-state index contributed by atoms with van der Waals surface area (Å²) in [5.74, 6) is 0.776. The van der Waals surface area contributed by atoms with Gasteiger partial charge in [0.2, 0.25) is 0 Å². The van der Waals surface area contributed by atoms with Crippen LogP contribution >= 0.6 is 0 Å². The van der Waals surface area contributed by atoms with E-state index in [4.69, 9.17) is 5.73 Å². The van der Waals surface area contributed by atoms with Crippen molar-refractivity contribution in [3.8, 4) is 0 Å². The second-order valence-electron chi connectivity index (χ2n) is 3.93. The molecule has 1 atom stereocenters. The van der Waals surface area contributed by atoms with Crippen molar-refractivity contribution in [2.75, 3.05) is 19.6 Å². The predicted molar refractivity (Wildman–Crippen MR) is 55.5 cm³/mol. The van der Waals surface area contributed by atoms with Crippen molar-refractivity contribution in [3.63, 3.8) is 0 Å². The number of hydrogen-bond donors (Lipinski definition) is 2. The molecule has 2 nitrogen and oxygen atoms in total. The van der Waals surface area contributed by atoms with Crippen LogP contribution in [0.15, 0.2) is 0 Å². The van der Waals surface area contributed by atoms with Crippen molar-refractivity contribution in [3.05, 3.63) is 0 Å². The van der Waals surface area contributed by atoms with Gasteiger partial charge < -0.3 is 11.1 Å². The molecule has 0 spiro atoms. The average Bonchev–Trinajstić information content (AvgIpc) is 2.10. The van der Waals surface area contributed by atoms with Crippen LogP contribution in [0.1, 0.15) is 33.1 Å². The molecule has 0 saturated carbocycles. The second-order valence-corrected chi connectivity index (χ2v) is 3.93. The lowest BCUT2D eigenvalue weighted by atomic mass is 10.1. The van der Waals surface area contributed by atoms with E-state index in [1.807, 2.05) is 0 Å². The molecule has 0 fully saturated rings. The standard InChI is InChI=1S/C10H23FN2/c1-9(2)5-3-4-6-13-8-10(11)7-12/h9-10,13H,3-8,12H2,1-2H3. The Morgan fingerprint density at radius 1 is 1.31 bits per heavy atom. The van der Waals surface area contributed by atoms with E-state index in [1.165, 1.54) is 12.8 Å². The van der Waals surface area contributed by atoms with Crippen LogP contribution < -0.4 is 11.1 Å². The minimum atomic E-state index is -0.884. The summed E-state index contributed by atoms with van der Waals surface area (Å²) in [7, 11) is 0. The van der Waals surface area contributed by atoms with E-state index in [2.05, 4.69) is 19.2 Å². The molecular weight excluding hydrogens is 167 g/mol. The zero-order chi connectivity index (χ0) is 10.1. The maximum atomic E-state index is 12.6. The molecule has 1 unspecified atom stereocenters. The van der Waals surface area contributed by atoms with E-state index in [-0.39, 0.29) is 6.54 Å². The van der Waals surface area contributed by atoms with Gasteiger partial charge >= 0.3 is 0 Å². The fourth-order valence-corrected chi connectivity index (χ4v) is 1.14. The Balaban J connectivity index is 2.99. The Morgan fingerprint density at radius 2 is 2.00 bits per heavy atom. The van der Waals surface area contributed by atoms with Crippen LogP contribution in [0.4, 0.5) is 4.39 Å². The molecule has 0 radical (unpaired) electrons. The number of alkyl halides is 1. The Bertz CT molecular complexity index is 107. The van der Waals surface area contributed by atoms with E-state index >= 15 is 0 Å². The Hall–Kier alpha value is -0.150. The molecule has 0 aliphatic carbocycles. The van der Waals surface area contributed by atoms with Crippen LogP contribution in [0.25, 0.3) is 0 Å². The lowest BCUT2D eigenvalue weighted by Crippen LogP contribution is -2.30. The molecule has 0 aromatic carbocycles. The first-order valence-electron chi connectivity index (χ1n) is 5.21. The summed E-state index contributed by atoms with van der Waals surface area (Å²) in [6.45, 7) is 5.88. The monoisotopic (exact) mass is 190 g/mol. The molecule has 0 aromatic rings. The maximum absolute atomic E-state index is 12.6. The van der Waals surface area contributed by atoms with Crippen LogP contribution in [0.3, 0.4) is 0 Å². The average molecular weight is 190 g/mol. The van der Waals surface area contributed by atoms with Crippen molar-refractivity contribution in [1.82, 2.24) is 5.32 Å². The highest BCUT2D eigenvalue weighted by atomic mass is 19.1. The summed E-state index contributed by atoms with van der Waals surface area (Å²) >= 11 is 0. The zero-order valence-corrected chi connectivity index (χ0v) is 8.85. The fourth-order valence-electron chi connectivity index (χ4n) is 1.14. The van der Waals surface area contributed by atoms with E-state index < -0.39 is 6.17 Å². The summed E-state index contributed by atoms with van der Waals surface area (Å²) < 4.78 is 12.6. The molecule has 0 aliphatic heterocycles. The first-order chi connectivity index (χ1) is 6.16. The quantitative estimate of drug-likeness (QED) is 0.572. The highest BCUT2D eigenvalue weighted by Crippen LogP contribution is 2.04. The summed E-state index contributed by atoms with van der Waals surface area (Å²) in [5, 5.41) is 3.05. The summed E-state index contributed by atoms with van der Waals surface area (Å²) in [4.78, 5) is 0. The van der Waals surface area contributed by atoms with Crippen LogP contribution in [-0.2, 0) is 0 Å². The number of nitrogens with two attached hydrogens (primary N) is 1. The molecule has 0 bridgehead atoms. The highest BCUT2D eigenvalue weighted by Gasteiger charge is 2.01. The van der Waals surface area contributed by atoms with Crippen molar-refractivity contribution in [2.24, 2.45) is 11.7 Å². The lowest BCUT2D eigenvalue weighted by Gasteiger charge is -2.07. The van der Waals surface area contributed by atoms with Crippen molar-refractivity contribution >= 4 is 0 Å². The third-order valence-corrected chi connectivity index (χ3v) is 2.01. The molecule has 0 saturated heterocycles. The van der Waals surface area contributed by atoms with Crippen molar-refractivity contribution in [2.45, 2.75) is 39.3 Å². The van der Waals surface area contributed by atoms with Crippen LogP contribution in [0, 0.1) is 5.92 Å². The van der Waals surface area contributed by atoms with Crippen molar-refractivity contribution in [1.29, 1.82) is 0 Å². The normalized spacial score (nSPS) is 13.6. The largest absolute Gasteiger partial charge is 0.328 e. The van der Waals surface area contributed by atoms with Gasteiger partial charge in [0.25, 0.3) is 0 Å². The zero-order valence-electron chi connectivity index (χ0n) is 8.85. The van der Waals surface area contributed by atoms with Gasteiger partial charge in [-0.1, -0.05) is 26.7 Å². The molecule has 0 aliphatic rings. The topological polar surface area (TPSA) is 38.0 Å². The van der Waals surface area contributed by atoms with Crippen LogP contribution in [0.2, 0.25) is 0 Å². The first-order valence-corrected chi connectivity index (χ1v) is 5.21. The fraction of sp³-hybridized carbons (Fsp3) is 1.00. The molecule has 0 aromatic heterocycles. The van der Waals surface area contributed by atoms with E-state index in [9.17, 15) is 4.39 Å². The third-order valence-electron chi connectivity index (χ3n) is 2.01. The van der Waals surface area contributed by atoms with Gasteiger partial charge in [0.15, 0.2) is 0 Å². The second kappa shape index (κ2) is 8.45. The van der Waals surface area contributed by atoms with E-state index in [1.54, 1.807) is 0 Å². The minimum Gasteiger partial charge on any atom is -0.328 e. The van der Waals surface area contributed by atoms with Gasteiger partial charge in [-0.15, -0.1) is 0 Å². The molecule has 0 amide bonds.